The van der Waals surface area contributed by atoms with E-state index < -0.39 is 12.6 Å². The SMILES string of the molecule is O=C(NC1COC(CC2OCC(NC(=O)c3ccccc3)CO2)OC1)c1ccccc1. The van der Waals surface area contributed by atoms with E-state index in [4.69, 9.17) is 18.9 Å². The van der Waals surface area contributed by atoms with Crippen LogP contribution in [0.1, 0.15) is 27.1 Å². The van der Waals surface area contributed by atoms with Gasteiger partial charge in [0.2, 0.25) is 0 Å². The average molecular weight is 426 g/mol. The van der Waals surface area contributed by atoms with Gasteiger partial charge >= 0.3 is 0 Å². The molecule has 2 fully saturated rings. The summed E-state index contributed by atoms with van der Waals surface area (Å²) in [5.74, 6) is -0.308. The van der Waals surface area contributed by atoms with Crippen LogP contribution in [0.3, 0.4) is 0 Å². The molecule has 0 aromatic heterocycles. The van der Waals surface area contributed by atoms with Gasteiger partial charge in [0.05, 0.1) is 38.5 Å². The van der Waals surface area contributed by atoms with Gasteiger partial charge in [-0.1, -0.05) is 36.4 Å². The fourth-order valence-corrected chi connectivity index (χ4v) is 3.40. The van der Waals surface area contributed by atoms with Crippen molar-refractivity contribution in [1.82, 2.24) is 10.6 Å². The fourth-order valence-electron chi connectivity index (χ4n) is 3.40. The molecule has 2 aromatic rings. The van der Waals surface area contributed by atoms with Crippen LogP contribution in [-0.4, -0.2) is 62.9 Å². The zero-order chi connectivity index (χ0) is 21.5. The topological polar surface area (TPSA) is 95.1 Å². The molecule has 164 valence electrons. The van der Waals surface area contributed by atoms with Crippen LogP contribution in [0.5, 0.6) is 0 Å². The highest BCUT2D eigenvalue weighted by atomic mass is 16.7. The van der Waals surface area contributed by atoms with Crippen LogP contribution in [0.25, 0.3) is 0 Å². The predicted octanol–water partition coefficient (Wildman–Crippen LogP) is 1.72. The Bertz CT molecular complexity index is 775. The van der Waals surface area contributed by atoms with Gasteiger partial charge in [0.1, 0.15) is 0 Å². The lowest BCUT2D eigenvalue weighted by atomic mass is 10.2. The number of amides is 2. The molecule has 0 radical (unpaired) electrons. The van der Waals surface area contributed by atoms with Gasteiger partial charge in [0.25, 0.3) is 11.8 Å². The molecular formula is C23H26N2O6. The summed E-state index contributed by atoms with van der Waals surface area (Å²) in [6.07, 6.45) is -0.519. The molecule has 2 amide bonds. The summed E-state index contributed by atoms with van der Waals surface area (Å²) in [4.78, 5) is 24.4. The van der Waals surface area contributed by atoms with Crippen molar-refractivity contribution in [3.8, 4) is 0 Å². The van der Waals surface area contributed by atoms with Crippen LogP contribution in [0.2, 0.25) is 0 Å². The molecule has 0 aliphatic carbocycles. The Balaban J connectivity index is 1.14. The van der Waals surface area contributed by atoms with E-state index in [9.17, 15) is 9.59 Å². The molecule has 4 rings (SSSR count). The summed E-state index contributed by atoms with van der Waals surface area (Å²) in [6, 6.07) is 17.6. The number of ether oxygens (including phenoxy) is 4. The highest BCUT2D eigenvalue weighted by molar-refractivity contribution is 5.94. The van der Waals surface area contributed by atoms with Crippen molar-refractivity contribution < 1.29 is 28.5 Å². The minimum Gasteiger partial charge on any atom is -0.350 e. The number of carbonyl (C=O) groups is 2. The van der Waals surface area contributed by atoms with Crippen molar-refractivity contribution in [3.63, 3.8) is 0 Å². The lowest BCUT2D eigenvalue weighted by Crippen LogP contribution is -2.50. The van der Waals surface area contributed by atoms with Crippen LogP contribution >= 0.6 is 0 Å². The quantitative estimate of drug-likeness (QED) is 0.731. The number of hydrogen-bond acceptors (Lipinski definition) is 6. The molecule has 8 heteroatoms. The second-order valence-corrected chi connectivity index (χ2v) is 7.50. The number of hydrogen-bond donors (Lipinski definition) is 2. The second-order valence-electron chi connectivity index (χ2n) is 7.50. The van der Waals surface area contributed by atoms with Gasteiger partial charge in [-0.25, -0.2) is 0 Å². The molecule has 0 unspecified atom stereocenters. The first-order valence-electron chi connectivity index (χ1n) is 10.4. The number of rotatable bonds is 6. The van der Waals surface area contributed by atoms with E-state index in [1.807, 2.05) is 36.4 Å². The predicted molar refractivity (Wildman–Crippen MR) is 111 cm³/mol. The molecule has 8 nitrogen and oxygen atoms in total. The van der Waals surface area contributed by atoms with Gasteiger partial charge in [-0.05, 0) is 24.3 Å². The number of nitrogens with one attached hydrogen (secondary N) is 2. The van der Waals surface area contributed by atoms with Crippen LogP contribution in [0.15, 0.2) is 60.7 Å². The summed E-state index contributed by atoms with van der Waals surface area (Å²) in [5.41, 5.74) is 1.20. The first kappa shape index (κ1) is 21.5. The Hall–Kier alpha value is -2.78. The van der Waals surface area contributed by atoms with Gasteiger partial charge in [-0.2, -0.15) is 0 Å². The first-order chi connectivity index (χ1) is 15.2. The van der Waals surface area contributed by atoms with Crippen LogP contribution in [-0.2, 0) is 18.9 Å². The van der Waals surface area contributed by atoms with Gasteiger partial charge < -0.3 is 29.6 Å². The molecule has 2 aliphatic heterocycles. The Morgan fingerprint density at radius 1 is 0.645 bits per heavy atom. The third-order valence-corrected chi connectivity index (χ3v) is 5.06. The van der Waals surface area contributed by atoms with E-state index in [1.54, 1.807) is 24.3 Å². The maximum atomic E-state index is 12.2. The van der Waals surface area contributed by atoms with E-state index >= 15 is 0 Å². The lowest BCUT2D eigenvalue weighted by Gasteiger charge is -2.34. The van der Waals surface area contributed by atoms with E-state index in [2.05, 4.69) is 10.6 Å². The third kappa shape index (κ3) is 6.11. The smallest absolute Gasteiger partial charge is 0.251 e. The van der Waals surface area contributed by atoms with E-state index in [-0.39, 0.29) is 23.9 Å². The molecule has 0 bridgehead atoms. The molecule has 31 heavy (non-hydrogen) atoms. The van der Waals surface area contributed by atoms with Gasteiger partial charge in [0, 0.05) is 17.5 Å². The molecule has 2 heterocycles. The maximum absolute atomic E-state index is 12.2. The number of carbonyl (C=O) groups excluding carboxylic acids is 2. The molecule has 0 saturated carbocycles. The summed E-state index contributed by atoms with van der Waals surface area (Å²) < 4.78 is 22.9. The molecular weight excluding hydrogens is 400 g/mol. The summed E-state index contributed by atoms with van der Waals surface area (Å²) in [7, 11) is 0. The highest BCUT2D eigenvalue weighted by Crippen LogP contribution is 2.17. The zero-order valence-corrected chi connectivity index (χ0v) is 17.1. The lowest BCUT2D eigenvalue weighted by molar-refractivity contribution is -0.251. The maximum Gasteiger partial charge on any atom is 0.251 e. The molecule has 2 saturated heterocycles. The van der Waals surface area contributed by atoms with Gasteiger partial charge in [-0.15, -0.1) is 0 Å². The monoisotopic (exact) mass is 426 g/mol. The van der Waals surface area contributed by atoms with Crippen LogP contribution < -0.4 is 10.6 Å². The molecule has 2 N–H and O–H groups in total. The first-order valence-corrected chi connectivity index (χ1v) is 10.4. The molecule has 0 spiro atoms. The van der Waals surface area contributed by atoms with Crippen molar-refractivity contribution in [3.05, 3.63) is 71.8 Å². The standard InChI is InChI=1S/C23H26N2O6/c26-22(16-7-3-1-4-8-16)24-18-12-28-20(29-13-18)11-21-30-14-19(15-31-21)25-23(27)17-9-5-2-6-10-17/h1-10,18-21H,11-15H2,(H,24,26)(H,25,27). The Kier molecular flexibility index (Phi) is 7.26. The van der Waals surface area contributed by atoms with E-state index in [1.165, 1.54) is 0 Å². The summed E-state index contributed by atoms with van der Waals surface area (Å²) in [5, 5.41) is 5.81. The van der Waals surface area contributed by atoms with Crippen molar-refractivity contribution in [2.24, 2.45) is 0 Å². The summed E-state index contributed by atoms with van der Waals surface area (Å²) in [6.45, 7) is 1.41. The Morgan fingerprint density at radius 2 is 1.00 bits per heavy atom. The fraction of sp³-hybridized carbons (Fsp3) is 0.391. The number of benzene rings is 2. The van der Waals surface area contributed by atoms with Gasteiger partial charge in [0.15, 0.2) is 12.6 Å². The second kappa shape index (κ2) is 10.5. The zero-order valence-electron chi connectivity index (χ0n) is 17.1. The van der Waals surface area contributed by atoms with E-state index in [0.717, 1.165) is 0 Å². The normalized spacial score (nSPS) is 26.1. The molecule has 2 aromatic carbocycles. The Labute approximate surface area is 180 Å². The van der Waals surface area contributed by atoms with Crippen molar-refractivity contribution in [1.29, 1.82) is 0 Å². The largest absolute Gasteiger partial charge is 0.350 e. The third-order valence-electron chi connectivity index (χ3n) is 5.06. The van der Waals surface area contributed by atoms with Crippen LogP contribution in [0, 0.1) is 0 Å². The summed E-state index contributed by atoms with van der Waals surface area (Å²) >= 11 is 0. The van der Waals surface area contributed by atoms with Crippen molar-refractivity contribution in [2.45, 2.75) is 31.1 Å². The van der Waals surface area contributed by atoms with E-state index in [0.29, 0.717) is 44.0 Å². The van der Waals surface area contributed by atoms with Gasteiger partial charge in [-0.3, -0.25) is 9.59 Å². The average Bonchev–Trinajstić information content (AvgIpc) is 2.82. The minimum atomic E-state index is -0.467. The van der Waals surface area contributed by atoms with Crippen molar-refractivity contribution >= 4 is 11.8 Å². The molecule has 0 atom stereocenters. The highest BCUT2D eigenvalue weighted by Gasteiger charge is 2.30. The van der Waals surface area contributed by atoms with Crippen LogP contribution in [0.4, 0.5) is 0 Å². The van der Waals surface area contributed by atoms with Crippen molar-refractivity contribution in [2.75, 3.05) is 26.4 Å². The minimum absolute atomic E-state index is 0.154. The molecule has 2 aliphatic rings. The Morgan fingerprint density at radius 3 is 1.35 bits per heavy atom.